The van der Waals surface area contributed by atoms with Gasteiger partial charge in [0.05, 0.1) is 23.4 Å². The van der Waals surface area contributed by atoms with Gasteiger partial charge in [0.25, 0.3) is 0 Å². The van der Waals surface area contributed by atoms with E-state index < -0.39 is 41.8 Å². The van der Waals surface area contributed by atoms with Crippen LogP contribution in [0.25, 0.3) is 0 Å². The van der Waals surface area contributed by atoms with Crippen molar-refractivity contribution >= 4 is 35.2 Å². The number of nitrogens with zero attached hydrogens (tertiary/aromatic N) is 1. The number of hydrogen-bond donors (Lipinski definition) is 4. The number of alkyl halides is 6. The zero-order chi connectivity index (χ0) is 32.2. The first-order valence-corrected chi connectivity index (χ1v) is 12.4. The Morgan fingerprint density at radius 1 is 0.951 bits per heavy atom. The first-order chi connectivity index (χ1) is 18.7. The van der Waals surface area contributed by atoms with Gasteiger partial charge in [-0.3, -0.25) is 0 Å². The second-order valence-corrected chi connectivity index (χ2v) is 9.32. The number of rotatable bonds is 8. The summed E-state index contributed by atoms with van der Waals surface area (Å²) >= 11 is 1.53. The van der Waals surface area contributed by atoms with Crippen molar-refractivity contribution in [1.82, 2.24) is 15.3 Å². The molecule has 2 aromatic heterocycles. The SMILES string of the molecule is CCOC(=O)c1c(CNCc2cscn2)[nH]c(C(=O)OC(C)(C)C)c1CC.O=C(O)C(F)(F)F.O=C(O)C(F)(F)F. The van der Waals surface area contributed by atoms with Crippen LogP contribution in [0.5, 0.6) is 0 Å². The molecule has 18 heteroatoms. The van der Waals surface area contributed by atoms with E-state index in [4.69, 9.17) is 29.3 Å². The van der Waals surface area contributed by atoms with Gasteiger partial charge in [0.15, 0.2) is 0 Å². The van der Waals surface area contributed by atoms with Gasteiger partial charge in [-0.15, -0.1) is 11.3 Å². The minimum absolute atomic E-state index is 0.265. The third-order valence-corrected chi connectivity index (χ3v) is 4.83. The lowest BCUT2D eigenvalue weighted by molar-refractivity contribution is -0.193. The third kappa shape index (κ3) is 14.0. The van der Waals surface area contributed by atoms with E-state index in [1.807, 2.05) is 33.1 Å². The molecular weight excluding hydrogens is 592 g/mol. The lowest BCUT2D eigenvalue weighted by Gasteiger charge is -2.19. The van der Waals surface area contributed by atoms with Crippen molar-refractivity contribution in [3.8, 4) is 0 Å². The van der Waals surface area contributed by atoms with Crippen molar-refractivity contribution in [2.75, 3.05) is 6.61 Å². The summed E-state index contributed by atoms with van der Waals surface area (Å²) in [6.45, 7) is 10.3. The van der Waals surface area contributed by atoms with Crippen LogP contribution in [0.3, 0.4) is 0 Å². The molecule has 4 N–H and O–H groups in total. The number of thiazole rings is 1. The predicted molar refractivity (Wildman–Crippen MR) is 131 cm³/mol. The molecule has 0 amide bonds. The summed E-state index contributed by atoms with van der Waals surface area (Å²) < 4.78 is 74.2. The number of halogens is 6. The molecule has 2 rings (SSSR count). The Bertz CT molecular complexity index is 1130. The number of esters is 2. The van der Waals surface area contributed by atoms with Crippen LogP contribution in [0, 0.1) is 0 Å². The molecule has 0 atom stereocenters. The van der Waals surface area contributed by atoms with Gasteiger partial charge in [0, 0.05) is 24.2 Å². The van der Waals surface area contributed by atoms with E-state index in [0.29, 0.717) is 42.0 Å². The van der Waals surface area contributed by atoms with E-state index in [9.17, 15) is 35.9 Å². The van der Waals surface area contributed by atoms with Crippen LogP contribution in [0.4, 0.5) is 26.3 Å². The topological polar surface area (TPSA) is 168 Å². The van der Waals surface area contributed by atoms with Crippen LogP contribution in [0.2, 0.25) is 0 Å². The maximum absolute atomic E-state index is 12.6. The van der Waals surface area contributed by atoms with Gasteiger partial charge in [-0.25, -0.2) is 24.2 Å². The monoisotopic (exact) mass is 621 g/mol. The highest BCUT2D eigenvalue weighted by atomic mass is 32.1. The van der Waals surface area contributed by atoms with E-state index >= 15 is 0 Å². The molecular formula is C23H29F6N3O8S. The molecule has 0 saturated carbocycles. The van der Waals surface area contributed by atoms with Crippen molar-refractivity contribution in [2.45, 2.75) is 72.1 Å². The number of aromatic amines is 1. The molecule has 0 spiro atoms. The first-order valence-electron chi connectivity index (χ1n) is 11.5. The fraction of sp³-hybridized carbons (Fsp3) is 0.522. The number of H-pyrrole nitrogens is 1. The molecule has 232 valence electrons. The summed E-state index contributed by atoms with van der Waals surface area (Å²) in [6.07, 6.45) is -9.66. The number of carbonyl (C=O) groups excluding carboxylic acids is 2. The Balaban J connectivity index is 0.000000941. The van der Waals surface area contributed by atoms with Crippen molar-refractivity contribution in [3.05, 3.63) is 39.1 Å². The highest BCUT2D eigenvalue weighted by Crippen LogP contribution is 2.24. The minimum Gasteiger partial charge on any atom is -0.475 e. The summed E-state index contributed by atoms with van der Waals surface area (Å²) in [5.74, 6) is -6.43. The van der Waals surface area contributed by atoms with Gasteiger partial charge in [0.2, 0.25) is 0 Å². The lowest BCUT2D eigenvalue weighted by atomic mass is 10.1. The Kier molecular flexibility index (Phi) is 14.5. The van der Waals surface area contributed by atoms with Crippen molar-refractivity contribution in [2.24, 2.45) is 0 Å². The second-order valence-electron chi connectivity index (χ2n) is 8.60. The van der Waals surface area contributed by atoms with Crippen LogP contribution in [0.1, 0.15) is 72.4 Å². The maximum atomic E-state index is 12.6. The molecule has 11 nitrogen and oxygen atoms in total. The Morgan fingerprint density at radius 2 is 1.46 bits per heavy atom. The van der Waals surface area contributed by atoms with Crippen molar-refractivity contribution in [3.63, 3.8) is 0 Å². The van der Waals surface area contributed by atoms with E-state index in [-0.39, 0.29) is 6.61 Å². The second kappa shape index (κ2) is 15.9. The summed E-state index contributed by atoms with van der Waals surface area (Å²) in [5.41, 5.74) is 4.01. The van der Waals surface area contributed by atoms with Crippen molar-refractivity contribution < 1.29 is 65.2 Å². The van der Waals surface area contributed by atoms with Crippen LogP contribution in [-0.4, -0.2) is 68.6 Å². The van der Waals surface area contributed by atoms with Crippen molar-refractivity contribution in [1.29, 1.82) is 0 Å². The van der Waals surface area contributed by atoms with Crippen LogP contribution >= 0.6 is 11.3 Å². The van der Waals surface area contributed by atoms with Crippen LogP contribution in [-0.2, 0) is 38.6 Å². The van der Waals surface area contributed by atoms with E-state index in [1.165, 1.54) is 11.3 Å². The number of nitrogens with one attached hydrogen (secondary N) is 2. The molecule has 41 heavy (non-hydrogen) atoms. The summed E-state index contributed by atoms with van der Waals surface area (Å²) in [6, 6.07) is 0. The Hall–Kier alpha value is -3.67. The fourth-order valence-corrected chi connectivity index (χ4v) is 3.23. The Morgan fingerprint density at radius 3 is 1.83 bits per heavy atom. The summed E-state index contributed by atoms with van der Waals surface area (Å²) in [7, 11) is 0. The predicted octanol–water partition coefficient (Wildman–Crippen LogP) is 4.72. The average molecular weight is 622 g/mol. The van der Waals surface area contributed by atoms with E-state index in [1.54, 1.807) is 12.4 Å². The summed E-state index contributed by atoms with van der Waals surface area (Å²) in [4.78, 5) is 50.2. The van der Waals surface area contributed by atoms with Gasteiger partial charge in [-0.05, 0) is 39.7 Å². The van der Waals surface area contributed by atoms with Gasteiger partial charge in [-0.2, -0.15) is 26.3 Å². The molecule has 0 aliphatic rings. The summed E-state index contributed by atoms with van der Waals surface area (Å²) in [5, 5.41) is 19.5. The third-order valence-electron chi connectivity index (χ3n) is 4.19. The maximum Gasteiger partial charge on any atom is 0.490 e. The molecule has 0 unspecified atom stereocenters. The Labute approximate surface area is 233 Å². The van der Waals surface area contributed by atoms with Gasteiger partial charge in [-0.1, -0.05) is 6.92 Å². The first kappa shape index (κ1) is 37.3. The van der Waals surface area contributed by atoms with Crippen LogP contribution < -0.4 is 5.32 Å². The smallest absolute Gasteiger partial charge is 0.475 e. The molecule has 0 radical (unpaired) electrons. The fourth-order valence-electron chi connectivity index (χ4n) is 2.68. The largest absolute Gasteiger partial charge is 0.490 e. The number of carbonyl (C=O) groups is 4. The number of carboxylic acids is 2. The molecule has 0 aliphatic carbocycles. The quantitative estimate of drug-likeness (QED) is 0.239. The molecule has 0 fully saturated rings. The number of ether oxygens (including phenoxy) is 2. The van der Waals surface area contributed by atoms with Gasteiger partial charge >= 0.3 is 36.2 Å². The van der Waals surface area contributed by atoms with Crippen LogP contribution in [0.15, 0.2) is 10.9 Å². The van der Waals surface area contributed by atoms with E-state index in [2.05, 4.69) is 15.3 Å². The molecule has 0 aliphatic heterocycles. The van der Waals surface area contributed by atoms with E-state index in [0.717, 1.165) is 5.69 Å². The highest BCUT2D eigenvalue weighted by Gasteiger charge is 2.39. The highest BCUT2D eigenvalue weighted by molar-refractivity contribution is 7.07. The average Bonchev–Trinajstić information content (AvgIpc) is 3.45. The molecule has 2 heterocycles. The normalized spacial score (nSPS) is 11.4. The molecule has 0 aromatic carbocycles. The van der Waals surface area contributed by atoms with Gasteiger partial charge in [0.1, 0.15) is 11.3 Å². The molecule has 0 saturated heterocycles. The molecule has 2 aromatic rings. The number of aromatic nitrogens is 2. The number of carboxylic acid groups (broad SMARTS) is 2. The minimum atomic E-state index is -5.08. The lowest BCUT2D eigenvalue weighted by Crippen LogP contribution is -2.24. The standard InChI is InChI=1S/C19H27N3O4S.2C2HF3O2/c1-6-13-15(17(23)25-7-2)14(9-20-8-12-10-27-11-21-12)22-16(13)18(24)26-19(3,4)5;2*3-2(4,5)1(6)7/h10-11,20,22H,6-9H2,1-5H3;2*(H,6,7). The molecule has 0 bridgehead atoms. The van der Waals surface area contributed by atoms with Gasteiger partial charge < -0.3 is 30.0 Å². The number of aliphatic carboxylic acids is 2. The zero-order valence-electron chi connectivity index (χ0n) is 22.5. The zero-order valence-corrected chi connectivity index (χ0v) is 23.3. The number of hydrogen-bond acceptors (Lipinski definition) is 9.